The largest absolute Gasteiger partial charge is 0.508 e. The molecule has 3 unspecified atom stereocenters. The van der Waals surface area contributed by atoms with Crippen LogP contribution in [-0.2, 0) is 14.2 Å². The lowest BCUT2D eigenvalue weighted by Gasteiger charge is -2.23. The lowest BCUT2D eigenvalue weighted by molar-refractivity contribution is -0.108. The zero-order chi connectivity index (χ0) is 11.8. The van der Waals surface area contributed by atoms with Crippen LogP contribution in [-0.4, -0.2) is 67.2 Å². The summed E-state index contributed by atoms with van der Waals surface area (Å²) >= 11 is 0. The fraction of sp³-hybridized carbons (Fsp3) is 0.875. The van der Waals surface area contributed by atoms with Crippen LogP contribution in [0.5, 0.6) is 0 Å². The van der Waals surface area contributed by atoms with Crippen molar-refractivity contribution in [3.05, 3.63) is 0 Å². The van der Waals surface area contributed by atoms with E-state index in [1.54, 1.807) is 0 Å². The second-order valence-electron chi connectivity index (χ2n) is 2.78. The Kier molecular flexibility index (Phi) is 6.97. The molecule has 15 heavy (non-hydrogen) atoms. The smallest absolute Gasteiger partial charge is 0.438 e. The molecule has 7 nitrogen and oxygen atoms in total. The molecule has 0 aromatic rings. The maximum Gasteiger partial charge on any atom is 0.508 e. The maximum absolute atomic E-state index is 10.6. The van der Waals surface area contributed by atoms with Gasteiger partial charge in [-0.15, -0.1) is 0 Å². The van der Waals surface area contributed by atoms with Crippen LogP contribution in [0.3, 0.4) is 0 Å². The van der Waals surface area contributed by atoms with Gasteiger partial charge in [0, 0.05) is 7.11 Å². The molecule has 0 aromatic heterocycles. The van der Waals surface area contributed by atoms with Crippen LogP contribution >= 0.6 is 0 Å². The molecule has 0 aliphatic heterocycles. The number of carbonyl (C=O) groups is 1. The minimum Gasteiger partial charge on any atom is -0.438 e. The van der Waals surface area contributed by atoms with Crippen LogP contribution in [0.25, 0.3) is 0 Å². The van der Waals surface area contributed by atoms with Crippen molar-refractivity contribution in [3.8, 4) is 0 Å². The van der Waals surface area contributed by atoms with E-state index >= 15 is 0 Å². The monoisotopic (exact) mass is 224 g/mol. The summed E-state index contributed by atoms with van der Waals surface area (Å²) < 4.78 is 13.5. The van der Waals surface area contributed by atoms with Crippen molar-refractivity contribution in [2.75, 3.05) is 27.4 Å². The van der Waals surface area contributed by atoms with Crippen molar-refractivity contribution >= 4 is 6.16 Å². The summed E-state index contributed by atoms with van der Waals surface area (Å²) in [6.07, 6.45) is -4.53. The minimum absolute atomic E-state index is 0.276. The highest BCUT2D eigenvalue weighted by molar-refractivity contribution is 5.59. The summed E-state index contributed by atoms with van der Waals surface area (Å²) in [6.45, 7) is -0.888. The second-order valence-corrected chi connectivity index (χ2v) is 2.78. The van der Waals surface area contributed by atoms with Crippen molar-refractivity contribution in [1.82, 2.24) is 0 Å². The Morgan fingerprint density at radius 1 is 1.33 bits per heavy atom. The maximum atomic E-state index is 10.6. The number of rotatable bonds is 6. The zero-order valence-corrected chi connectivity index (χ0v) is 8.62. The molecule has 0 fully saturated rings. The van der Waals surface area contributed by atoms with Crippen molar-refractivity contribution in [3.63, 3.8) is 0 Å². The Morgan fingerprint density at radius 3 is 2.33 bits per heavy atom. The molecule has 0 saturated heterocycles. The second kappa shape index (κ2) is 7.41. The number of methoxy groups -OCH3 is 2. The zero-order valence-electron chi connectivity index (χ0n) is 8.62. The van der Waals surface area contributed by atoms with E-state index < -0.39 is 31.1 Å². The van der Waals surface area contributed by atoms with Crippen LogP contribution in [0.1, 0.15) is 0 Å². The number of carbonyl (C=O) groups excluding carboxylic acids is 1. The predicted molar refractivity (Wildman–Crippen MR) is 48.3 cm³/mol. The first kappa shape index (κ1) is 14.1. The Labute approximate surface area is 87.2 Å². The molecule has 3 atom stereocenters. The molecule has 0 radical (unpaired) electrons. The van der Waals surface area contributed by atoms with Gasteiger partial charge in [-0.05, 0) is 0 Å². The first-order valence-electron chi connectivity index (χ1n) is 4.27. The fourth-order valence-corrected chi connectivity index (χ4v) is 0.871. The van der Waals surface area contributed by atoms with Gasteiger partial charge in [0.15, 0.2) is 0 Å². The number of ether oxygens (including phenoxy) is 3. The standard InChI is InChI=1S/C8H16O7/c1-13-6(4-15-8(12)14-2)7(11)5(10)3-9/h5-7,9-11H,3-4H2,1-2H3. The summed E-state index contributed by atoms with van der Waals surface area (Å²) in [5, 5.41) is 27.1. The number of hydrogen-bond acceptors (Lipinski definition) is 7. The van der Waals surface area contributed by atoms with E-state index in [1.165, 1.54) is 7.11 Å². The highest BCUT2D eigenvalue weighted by Gasteiger charge is 2.27. The summed E-state index contributed by atoms with van der Waals surface area (Å²) in [7, 11) is 2.42. The van der Waals surface area contributed by atoms with Gasteiger partial charge >= 0.3 is 6.16 Å². The molecule has 0 aliphatic carbocycles. The molecule has 90 valence electrons. The van der Waals surface area contributed by atoms with Crippen molar-refractivity contribution in [2.24, 2.45) is 0 Å². The van der Waals surface area contributed by atoms with E-state index in [1.807, 2.05) is 0 Å². The van der Waals surface area contributed by atoms with E-state index in [4.69, 9.17) is 14.9 Å². The SMILES string of the molecule is COC(=O)OCC(OC)C(O)C(O)CO. The van der Waals surface area contributed by atoms with Crippen molar-refractivity contribution < 1.29 is 34.3 Å². The molecule has 0 spiro atoms. The van der Waals surface area contributed by atoms with Gasteiger partial charge in [-0.25, -0.2) is 4.79 Å². The van der Waals surface area contributed by atoms with E-state index in [-0.39, 0.29) is 6.61 Å². The summed E-state index contributed by atoms with van der Waals surface area (Å²) in [4.78, 5) is 10.6. The van der Waals surface area contributed by atoms with Gasteiger partial charge in [0.2, 0.25) is 0 Å². The average Bonchev–Trinajstić information content (AvgIpc) is 2.27. The van der Waals surface area contributed by atoms with E-state index in [2.05, 4.69) is 9.47 Å². The molecule has 0 aromatic carbocycles. The summed E-state index contributed by atoms with van der Waals surface area (Å²) in [6, 6.07) is 0. The minimum atomic E-state index is -1.35. The van der Waals surface area contributed by atoms with Gasteiger partial charge in [0.1, 0.15) is 24.9 Å². The molecule has 0 rings (SSSR count). The molecule has 0 heterocycles. The van der Waals surface area contributed by atoms with Gasteiger partial charge < -0.3 is 29.5 Å². The quantitative estimate of drug-likeness (QED) is 0.471. The molecule has 0 amide bonds. The van der Waals surface area contributed by atoms with Crippen LogP contribution in [0.15, 0.2) is 0 Å². The van der Waals surface area contributed by atoms with Gasteiger partial charge in [0.05, 0.1) is 13.7 Å². The van der Waals surface area contributed by atoms with Crippen LogP contribution in [0, 0.1) is 0 Å². The van der Waals surface area contributed by atoms with E-state index in [0.29, 0.717) is 0 Å². The Hall–Kier alpha value is -0.890. The lowest BCUT2D eigenvalue weighted by atomic mass is 10.1. The summed E-state index contributed by atoms with van der Waals surface area (Å²) in [5.74, 6) is 0. The first-order valence-corrected chi connectivity index (χ1v) is 4.27. The molecular formula is C8H16O7. The lowest BCUT2D eigenvalue weighted by Crippen LogP contribution is -2.43. The van der Waals surface area contributed by atoms with Crippen LogP contribution in [0.4, 0.5) is 4.79 Å². The molecule has 0 saturated carbocycles. The average molecular weight is 224 g/mol. The summed E-state index contributed by atoms with van der Waals surface area (Å²) in [5.41, 5.74) is 0. The van der Waals surface area contributed by atoms with Gasteiger partial charge in [0.25, 0.3) is 0 Å². The van der Waals surface area contributed by atoms with E-state index in [9.17, 15) is 9.90 Å². The Bertz CT molecular complexity index is 184. The van der Waals surface area contributed by atoms with Crippen LogP contribution in [0.2, 0.25) is 0 Å². The Morgan fingerprint density at radius 2 is 1.93 bits per heavy atom. The van der Waals surface area contributed by atoms with Crippen molar-refractivity contribution in [1.29, 1.82) is 0 Å². The molecule has 7 heteroatoms. The third-order valence-electron chi connectivity index (χ3n) is 1.80. The Balaban J connectivity index is 4.06. The highest BCUT2D eigenvalue weighted by Crippen LogP contribution is 2.04. The van der Waals surface area contributed by atoms with Gasteiger partial charge in [-0.3, -0.25) is 0 Å². The molecule has 0 bridgehead atoms. The van der Waals surface area contributed by atoms with Crippen LogP contribution < -0.4 is 0 Å². The van der Waals surface area contributed by atoms with Gasteiger partial charge in [-0.1, -0.05) is 0 Å². The van der Waals surface area contributed by atoms with Gasteiger partial charge in [-0.2, -0.15) is 0 Å². The third kappa shape index (κ3) is 4.93. The molecular weight excluding hydrogens is 208 g/mol. The molecule has 0 aliphatic rings. The number of aliphatic hydroxyl groups excluding tert-OH is 3. The van der Waals surface area contributed by atoms with Crippen molar-refractivity contribution in [2.45, 2.75) is 18.3 Å². The topological polar surface area (TPSA) is 105 Å². The fourth-order valence-electron chi connectivity index (χ4n) is 0.871. The number of aliphatic hydroxyl groups is 3. The number of hydrogen-bond donors (Lipinski definition) is 3. The van der Waals surface area contributed by atoms with E-state index in [0.717, 1.165) is 7.11 Å². The highest BCUT2D eigenvalue weighted by atomic mass is 16.7. The molecule has 3 N–H and O–H groups in total. The predicted octanol–water partition coefficient (Wildman–Crippen LogP) is -1.50. The normalized spacial score (nSPS) is 16.6. The third-order valence-corrected chi connectivity index (χ3v) is 1.80. The first-order chi connectivity index (χ1) is 7.06.